The second kappa shape index (κ2) is 8.06. The van der Waals surface area contributed by atoms with Crippen LogP contribution >= 0.6 is 35.0 Å². The van der Waals surface area contributed by atoms with Crippen molar-refractivity contribution in [3.63, 3.8) is 0 Å². The van der Waals surface area contributed by atoms with Crippen LogP contribution in [0.5, 0.6) is 0 Å². The maximum Gasteiger partial charge on any atom is 0.326 e. The second-order valence-electron chi connectivity index (χ2n) is 6.25. The average Bonchev–Trinajstić information content (AvgIpc) is 3.16. The Morgan fingerprint density at radius 2 is 2.00 bits per heavy atom. The molecule has 2 fully saturated rings. The van der Waals surface area contributed by atoms with E-state index in [1.807, 2.05) is 0 Å². The number of nitrogens with zero attached hydrogens (tertiary/aromatic N) is 1. The van der Waals surface area contributed by atoms with E-state index >= 15 is 0 Å². The molecule has 1 aromatic carbocycles. The zero-order chi connectivity index (χ0) is 18.7. The van der Waals surface area contributed by atoms with E-state index in [1.54, 1.807) is 18.2 Å². The molecule has 0 radical (unpaired) electrons. The molecule has 26 heavy (non-hydrogen) atoms. The van der Waals surface area contributed by atoms with Crippen molar-refractivity contribution >= 4 is 52.9 Å². The summed E-state index contributed by atoms with van der Waals surface area (Å²) >= 11 is 13.4. The van der Waals surface area contributed by atoms with Gasteiger partial charge in [-0.1, -0.05) is 36.0 Å². The Labute approximate surface area is 165 Å². The quantitative estimate of drug-likeness (QED) is 0.332. The van der Waals surface area contributed by atoms with Crippen LogP contribution in [0, 0.1) is 0 Å². The lowest BCUT2D eigenvalue weighted by Gasteiger charge is -2.19. The van der Waals surface area contributed by atoms with Crippen LogP contribution in [0.15, 0.2) is 23.1 Å². The minimum Gasteiger partial charge on any atom is -0.463 e. The molecule has 140 valence electrons. The highest BCUT2D eigenvalue weighted by molar-refractivity contribution is 7.99. The van der Waals surface area contributed by atoms with Crippen LogP contribution in [0.4, 0.5) is 4.79 Å². The van der Waals surface area contributed by atoms with Crippen LogP contribution in [-0.4, -0.2) is 47.3 Å². The average molecular weight is 417 g/mol. The maximum atomic E-state index is 12.5. The van der Waals surface area contributed by atoms with Gasteiger partial charge in [-0.2, -0.15) is 0 Å². The number of halogens is 2. The molecule has 1 heterocycles. The van der Waals surface area contributed by atoms with Gasteiger partial charge in [0.25, 0.3) is 5.91 Å². The Balaban J connectivity index is 1.45. The third-order valence-electron chi connectivity index (χ3n) is 4.49. The molecule has 0 unspecified atom stereocenters. The van der Waals surface area contributed by atoms with Crippen molar-refractivity contribution in [2.24, 2.45) is 0 Å². The van der Waals surface area contributed by atoms with Crippen molar-refractivity contribution in [2.75, 3.05) is 18.9 Å². The number of ether oxygens (including phenoxy) is 1. The third-order valence-corrected chi connectivity index (χ3v) is 6.18. The van der Waals surface area contributed by atoms with Gasteiger partial charge in [0, 0.05) is 15.7 Å². The summed E-state index contributed by atoms with van der Waals surface area (Å²) in [6, 6.07) is 4.62. The first-order chi connectivity index (χ1) is 12.4. The first-order valence-corrected chi connectivity index (χ1v) is 10.0. The number of thioether (sulfide) groups is 1. The minimum atomic E-state index is -0.809. The number of benzene rings is 1. The smallest absolute Gasteiger partial charge is 0.326 e. The Morgan fingerprint density at radius 1 is 1.27 bits per heavy atom. The lowest BCUT2D eigenvalue weighted by molar-refractivity contribution is -0.147. The van der Waals surface area contributed by atoms with Gasteiger partial charge in [0.05, 0.1) is 5.02 Å². The van der Waals surface area contributed by atoms with Gasteiger partial charge < -0.3 is 10.1 Å². The van der Waals surface area contributed by atoms with E-state index in [-0.39, 0.29) is 19.1 Å². The molecule has 3 rings (SSSR count). The minimum absolute atomic E-state index is 0.140. The van der Waals surface area contributed by atoms with E-state index in [9.17, 15) is 14.4 Å². The Bertz CT molecular complexity index is 737. The van der Waals surface area contributed by atoms with Crippen molar-refractivity contribution in [2.45, 2.75) is 36.1 Å². The molecule has 1 aliphatic heterocycles. The number of imide groups is 1. The van der Waals surface area contributed by atoms with E-state index in [0.29, 0.717) is 28.6 Å². The molecule has 2 aliphatic rings. The molecule has 0 atom stereocenters. The standard InChI is InChI=1S/C17H18Cl2N2O4S/c18-11-3-4-12(19)13(9-11)26-8-7-25-14(22)10-21-15(23)17(20-16(21)24)5-1-2-6-17/h3-4,9H,1-2,5-8,10H2,(H,20,24). The van der Waals surface area contributed by atoms with Crippen molar-refractivity contribution in [3.8, 4) is 0 Å². The molecule has 1 spiro atoms. The van der Waals surface area contributed by atoms with Crippen molar-refractivity contribution in [3.05, 3.63) is 28.2 Å². The fourth-order valence-electron chi connectivity index (χ4n) is 3.21. The Morgan fingerprint density at radius 3 is 2.73 bits per heavy atom. The van der Waals surface area contributed by atoms with E-state index in [2.05, 4.69) is 5.32 Å². The third kappa shape index (κ3) is 4.10. The molecule has 0 aromatic heterocycles. The molecule has 1 aromatic rings. The number of carbonyl (C=O) groups excluding carboxylic acids is 3. The zero-order valence-electron chi connectivity index (χ0n) is 13.9. The fraction of sp³-hybridized carbons (Fsp3) is 0.471. The Hall–Kier alpha value is -1.44. The SMILES string of the molecule is O=C(CN1C(=O)NC2(CCCC2)C1=O)OCCSc1cc(Cl)ccc1Cl. The van der Waals surface area contributed by atoms with Crippen LogP contribution in [-0.2, 0) is 14.3 Å². The summed E-state index contributed by atoms with van der Waals surface area (Å²) in [4.78, 5) is 38.2. The highest BCUT2D eigenvalue weighted by atomic mass is 35.5. The van der Waals surface area contributed by atoms with E-state index < -0.39 is 17.5 Å². The summed E-state index contributed by atoms with van der Waals surface area (Å²) in [6.07, 6.45) is 3.04. The molecule has 9 heteroatoms. The highest BCUT2D eigenvalue weighted by Crippen LogP contribution is 2.35. The van der Waals surface area contributed by atoms with Gasteiger partial charge in [0.1, 0.15) is 18.7 Å². The van der Waals surface area contributed by atoms with Crippen LogP contribution < -0.4 is 5.32 Å². The molecular weight excluding hydrogens is 399 g/mol. The molecule has 1 N–H and O–H groups in total. The van der Waals surface area contributed by atoms with Crippen LogP contribution in [0.1, 0.15) is 25.7 Å². The summed E-state index contributed by atoms with van der Waals surface area (Å²) < 4.78 is 5.13. The maximum absolute atomic E-state index is 12.5. The lowest BCUT2D eigenvalue weighted by atomic mass is 9.98. The summed E-state index contributed by atoms with van der Waals surface area (Å²) in [5.74, 6) is -0.450. The largest absolute Gasteiger partial charge is 0.463 e. The number of nitrogens with one attached hydrogen (secondary N) is 1. The van der Waals surface area contributed by atoms with Crippen LogP contribution in [0.3, 0.4) is 0 Å². The summed E-state index contributed by atoms with van der Waals surface area (Å²) in [5.41, 5.74) is -0.809. The molecule has 1 aliphatic carbocycles. The number of rotatable bonds is 6. The summed E-state index contributed by atoms with van der Waals surface area (Å²) in [6.45, 7) is -0.226. The second-order valence-corrected chi connectivity index (χ2v) is 8.23. The topological polar surface area (TPSA) is 75.7 Å². The van der Waals surface area contributed by atoms with Gasteiger partial charge in [-0.15, -0.1) is 11.8 Å². The predicted molar refractivity (Wildman–Crippen MR) is 99.6 cm³/mol. The van der Waals surface area contributed by atoms with Gasteiger partial charge in [-0.25, -0.2) is 4.79 Å². The van der Waals surface area contributed by atoms with E-state index in [1.165, 1.54) is 11.8 Å². The zero-order valence-corrected chi connectivity index (χ0v) is 16.3. The summed E-state index contributed by atoms with van der Waals surface area (Å²) in [7, 11) is 0. The number of hydrogen-bond acceptors (Lipinski definition) is 5. The molecule has 0 bridgehead atoms. The van der Waals surface area contributed by atoms with Gasteiger partial charge in [0.15, 0.2) is 0 Å². The number of urea groups is 1. The van der Waals surface area contributed by atoms with Crippen molar-refractivity contribution < 1.29 is 19.1 Å². The molecule has 1 saturated heterocycles. The van der Waals surface area contributed by atoms with Gasteiger partial charge in [0.2, 0.25) is 0 Å². The van der Waals surface area contributed by atoms with Crippen LogP contribution in [0.2, 0.25) is 10.0 Å². The van der Waals surface area contributed by atoms with Crippen molar-refractivity contribution in [1.82, 2.24) is 10.2 Å². The predicted octanol–water partition coefficient (Wildman–Crippen LogP) is 3.49. The summed E-state index contributed by atoms with van der Waals surface area (Å²) in [5, 5.41) is 3.89. The number of amides is 3. The van der Waals surface area contributed by atoms with Gasteiger partial charge >= 0.3 is 12.0 Å². The van der Waals surface area contributed by atoms with E-state index in [4.69, 9.17) is 27.9 Å². The molecule has 3 amide bonds. The molecular formula is C17H18Cl2N2O4S. The highest BCUT2D eigenvalue weighted by Gasteiger charge is 2.52. The molecule has 6 nitrogen and oxygen atoms in total. The number of carbonyl (C=O) groups is 3. The number of esters is 1. The van der Waals surface area contributed by atoms with Crippen molar-refractivity contribution in [1.29, 1.82) is 0 Å². The normalized spacial score (nSPS) is 18.5. The fourth-order valence-corrected chi connectivity index (χ4v) is 4.53. The Kier molecular flexibility index (Phi) is 5.99. The van der Waals surface area contributed by atoms with Gasteiger partial charge in [-0.3, -0.25) is 14.5 Å². The lowest BCUT2D eigenvalue weighted by Crippen LogP contribution is -2.44. The molecule has 1 saturated carbocycles. The van der Waals surface area contributed by atoms with E-state index in [0.717, 1.165) is 22.6 Å². The first kappa shape index (κ1) is 19.3. The van der Waals surface area contributed by atoms with Gasteiger partial charge in [-0.05, 0) is 31.0 Å². The first-order valence-electron chi connectivity index (χ1n) is 8.29. The monoisotopic (exact) mass is 416 g/mol. The number of hydrogen-bond donors (Lipinski definition) is 1. The van der Waals surface area contributed by atoms with Crippen LogP contribution in [0.25, 0.3) is 0 Å².